The number of hydrogen-bond donors (Lipinski definition) is 0. The minimum absolute atomic E-state index is 0.409. The maximum atomic E-state index is 4.96. The molecule has 4 rings (SSSR count). The van der Waals surface area contributed by atoms with E-state index in [-0.39, 0.29) is 0 Å². The summed E-state index contributed by atoms with van der Waals surface area (Å²) >= 11 is 0. The van der Waals surface area contributed by atoms with Crippen LogP contribution in [0.2, 0.25) is 0 Å². The lowest BCUT2D eigenvalue weighted by Crippen LogP contribution is -2.69. The molecule has 1 nitrogen and oxygen atoms in total. The summed E-state index contributed by atoms with van der Waals surface area (Å²) in [6.07, 6.45) is 9.52. The van der Waals surface area contributed by atoms with Gasteiger partial charge in [-0.05, 0) is 55.3 Å². The normalized spacial score (nSPS) is 60.3. The quantitative estimate of drug-likeness (QED) is 0.587. The van der Waals surface area contributed by atoms with E-state index in [0.717, 1.165) is 17.8 Å². The Morgan fingerprint density at radius 3 is 2.69 bits per heavy atom. The Bertz CT molecular complexity index is 383. The molecule has 0 aromatic heterocycles. The van der Waals surface area contributed by atoms with Crippen LogP contribution < -0.4 is 0 Å². The lowest BCUT2D eigenvalue weighted by atomic mass is 9.39. The third-order valence-corrected chi connectivity index (χ3v) is 6.43. The lowest BCUT2D eigenvalue weighted by molar-refractivity contribution is -0.0971. The highest BCUT2D eigenvalue weighted by molar-refractivity contribution is 5.79. The van der Waals surface area contributed by atoms with Crippen molar-refractivity contribution < 1.29 is 0 Å². The van der Waals surface area contributed by atoms with Gasteiger partial charge in [-0.15, -0.1) is 0 Å². The fourth-order valence-corrected chi connectivity index (χ4v) is 5.88. The Morgan fingerprint density at radius 1 is 1.31 bits per heavy atom. The minimum atomic E-state index is 0.409. The summed E-state index contributed by atoms with van der Waals surface area (Å²) in [6, 6.07) is 0. The van der Waals surface area contributed by atoms with Gasteiger partial charge in [-0.3, -0.25) is 4.99 Å². The van der Waals surface area contributed by atoms with Crippen LogP contribution in [0.25, 0.3) is 0 Å². The summed E-state index contributed by atoms with van der Waals surface area (Å²) in [5.41, 5.74) is 1.52. The van der Waals surface area contributed by atoms with E-state index in [2.05, 4.69) is 27.0 Å². The van der Waals surface area contributed by atoms with E-state index in [9.17, 15) is 0 Å². The van der Waals surface area contributed by atoms with Gasteiger partial charge in [-0.1, -0.05) is 20.8 Å². The van der Waals surface area contributed by atoms with Crippen LogP contribution in [0.1, 0.15) is 52.9 Å². The molecule has 0 saturated heterocycles. The Morgan fingerprint density at radius 2 is 2.12 bits per heavy atom. The van der Waals surface area contributed by atoms with Gasteiger partial charge in [0.25, 0.3) is 0 Å². The van der Waals surface area contributed by atoms with Gasteiger partial charge in [0, 0.05) is 11.6 Å². The van der Waals surface area contributed by atoms with Crippen LogP contribution in [0.5, 0.6) is 0 Å². The highest BCUT2D eigenvalue weighted by Crippen LogP contribution is 2.74. The van der Waals surface area contributed by atoms with E-state index in [4.69, 9.17) is 4.99 Å². The molecule has 3 aliphatic carbocycles. The summed E-state index contributed by atoms with van der Waals surface area (Å²) < 4.78 is 0. The smallest absolute Gasteiger partial charge is 0.0745 e. The topological polar surface area (TPSA) is 12.4 Å². The number of nitrogens with zero attached hydrogens (tertiary/aromatic N) is 1. The molecule has 16 heavy (non-hydrogen) atoms. The molecule has 0 aromatic rings. The molecule has 88 valence electrons. The second-order valence-electron chi connectivity index (χ2n) is 7.82. The van der Waals surface area contributed by atoms with E-state index >= 15 is 0 Å². The largest absolute Gasteiger partial charge is 0.289 e. The molecule has 1 heteroatoms. The summed E-state index contributed by atoms with van der Waals surface area (Å²) in [6.45, 7) is 7.41. The molecule has 1 aliphatic heterocycles. The molecule has 2 spiro atoms. The van der Waals surface area contributed by atoms with E-state index < -0.39 is 0 Å². The first kappa shape index (κ1) is 9.67. The predicted octanol–water partition coefficient (Wildman–Crippen LogP) is 3.68. The molecule has 1 unspecified atom stereocenters. The van der Waals surface area contributed by atoms with Crippen molar-refractivity contribution in [1.29, 1.82) is 0 Å². The van der Waals surface area contributed by atoms with Crippen molar-refractivity contribution in [3.8, 4) is 0 Å². The second-order valence-corrected chi connectivity index (χ2v) is 7.82. The van der Waals surface area contributed by atoms with Gasteiger partial charge < -0.3 is 0 Å². The maximum Gasteiger partial charge on any atom is 0.0745 e. The van der Waals surface area contributed by atoms with Crippen molar-refractivity contribution in [2.24, 2.45) is 33.6 Å². The highest BCUT2D eigenvalue weighted by atomic mass is 15.1. The summed E-state index contributed by atoms with van der Waals surface area (Å²) in [7, 11) is 0. The van der Waals surface area contributed by atoms with Crippen LogP contribution in [0, 0.1) is 28.6 Å². The minimum Gasteiger partial charge on any atom is -0.289 e. The predicted molar refractivity (Wildman–Crippen MR) is 66.7 cm³/mol. The van der Waals surface area contributed by atoms with Crippen LogP contribution in [-0.4, -0.2) is 11.8 Å². The highest BCUT2D eigenvalue weighted by Gasteiger charge is 2.73. The van der Waals surface area contributed by atoms with E-state index in [1.807, 2.05) is 0 Å². The average molecular weight is 217 g/mol. The van der Waals surface area contributed by atoms with Crippen LogP contribution in [-0.2, 0) is 0 Å². The lowest BCUT2D eigenvalue weighted by Gasteiger charge is -2.68. The second kappa shape index (κ2) is 2.42. The first-order valence-corrected chi connectivity index (χ1v) is 7.06. The fraction of sp³-hybridized carbons (Fsp3) is 0.933. The third kappa shape index (κ3) is 0.791. The molecule has 4 aliphatic rings. The van der Waals surface area contributed by atoms with Gasteiger partial charge in [-0.2, -0.15) is 0 Å². The van der Waals surface area contributed by atoms with Gasteiger partial charge in [0.05, 0.1) is 5.54 Å². The van der Waals surface area contributed by atoms with Crippen molar-refractivity contribution in [2.75, 3.05) is 0 Å². The van der Waals surface area contributed by atoms with Crippen molar-refractivity contribution in [3.05, 3.63) is 0 Å². The zero-order valence-electron chi connectivity index (χ0n) is 10.8. The first-order chi connectivity index (χ1) is 7.49. The molecule has 0 radical (unpaired) electrons. The number of rotatable bonds is 0. The Labute approximate surface area is 98.7 Å². The third-order valence-electron chi connectivity index (χ3n) is 6.43. The molecular formula is C15H23N. The van der Waals surface area contributed by atoms with Crippen LogP contribution in [0.15, 0.2) is 4.99 Å². The van der Waals surface area contributed by atoms with Crippen molar-refractivity contribution in [3.63, 3.8) is 0 Å². The average Bonchev–Trinajstić information content (AvgIpc) is 2.34. The summed E-state index contributed by atoms with van der Waals surface area (Å²) in [4.78, 5) is 4.96. The molecule has 0 bridgehead atoms. The molecular weight excluding hydrogens is 194 g/mol. The van der Waals surface area contributed by atoms with Gasteiger partial charge in [0.1, 0.15) is 0 Å². The molecule has 5 atom stereocenters. The molecule has 1 heterocycles. The van der Waals surface area contributed by atoms with Crippen LogP contribution >= 0.6 is 0 Å². The fourth-order valence-electron chi connectivity index (χ4n) is 5.88. The van der Waals surface area contributed by atoms with Crippen molar-refractivity contribution in [2.45, 2.75) is 58.4 Å². The van der Waals surface area contributed by atoms with Gasteiger partial charge in [-0.25, -0.2) is 0 Å². The standard InChI is InChI=1S/C15H23N/c1-10-6-11-7-13(2,3)8-15(11)14(9-16-15)5-4-12(10)14/h9-12H,4-8H2,1-3H3/t10?,11-,12+,14-,15-/m1/s1. The summed E-state index contributed by atoms with van der Waals surface area (Å²) in [5.74, 6) is 2.83. The molecule has 3 fully saturated rings. The van der Waals surface area contributed by atoms with Gasteiger partial charge >= 0.3 is 0 Å². The zero-order valence-corrected chi connectivity index (χ0v) is 10.8. The first-order valence-electron chi connectivity index (χ1n) is 7.06. The monoisotopic (exact) mass is 217 g/mol. The number of hydrogen-bond acceptors (Lipinski definition) is 1. The van der Waals surface area contributed by atoms with Crippen molar-refractivity contribution in [1.82, 2.24) is 0 Å². The Kier molecular flexibility index (Phi) is 1.46. The van der Waals surface area contributed by atoms with E-state index in [1.165, 1.54) is 32.1 Å². The van der Waals surface area contributed by atoms with Crippen LogP contribution in [0.3, 0.4) is 0 Å². The summed E-state index contributed by atoms with van der Waals surface area (Å²) in [5, 5.41) is 0. The van der Waals surface area contributed by atoms with Crippen LogP contribution in [0.4, 0.5) is 0 Å². The van der Waals surface area contributed by atoms with Crippen molar-refractivity contribution >= 4 is 6.21 Å². The molecule has 0 amide bonds. The maximum absolute atomic E-state index is 4.96. The van der Waals surface area contributed by atoms with E-state index in [0.29, 0.717) is 16.4 Å². The van der Waals surface area contributed by atoms with Gasteiger partial charge in [0.2, 0.25) is 0 Å². The zero-order chi connectivity index (χ0) is 11.2. The molecule has 3 saturated carbocycles. The molecule has 0 N–H and O–H groups in total. The Hall–Kier alpha value is -0.330. The SMILES string of the molecule is CC1C[C@@H]2CC(C)(C)C[C@@]23N=C[C@@]32CC[C@@H]12. The van der Waals surface area contributed by atoms with Gasteiger partial charge in [0.15, 0.2) is 0 Å². The van der Waals surface area contributed by atoms with E-state index in [1.54, 1.807) is 0 Å². The number of aliphatic imine (C=N–C) groups is 1. The Balaban J connectivity index is 1.81. The molecule has 0 aromatic carbocycles.